The number of pyridine rings is 1. The largest absolute Gasteiger partial charge is 0.359 e. The van der Waals surface area contributed by atoms with Gasteiger partial charge in [-0.25, -0.2) is 0 Å². The molecule has 0 saturated heterocycles. The van der Waals surface area contributed by atoms with Crippen LogP contribution in [0.2, 0.25) is 0 Å². The van der Waals surface area contributed by atoms with Crippen molar-refractivity contribution in [3.05, 3.63) is 36.9 Å². The molecule has 0 amide bonds. The highest BCUT2D eigenvalue weighted by Gasteiger charge is 2.08. The molecule has 4 heteroatoms. The number of H-pyrrole nitrogens is 1. The fraction of sp³-hybridized carbons (Fsp3) is 0.0909. The van der Waals surface area contributed by atoms with E-state index >= 15 is 0 Å². The van der Waals surface area contributed by atoms with E-state index in [1.165, 1.54) is 5.39 Å². The van der Waals surface area contributed by atoms with Gasteiger partial charge in [-0.05, 0) is 12.1 Å². The van der Waals surface area contributed by atoms with Gasteiger partial charge in [0.1, 0.15) is 0 Å². The summed E-state index contributed by atoms with van der Waals surface area (Å²) >= 11 is 0. The molecule has 0 saturated carbocycles. The van der Waals surface area contributed by atoms with E-state index in [-0.39, 0.29) is 0 Å². The maximum absolute atomic E-state index is 4.17. The third kappa shape index (κ3) is 1.15. The normalized spacial score (nSPS) is 11.0. The molecule has 0 aromatic carbocycles. The Kier molecular flexibility index (Phi) is 1.62. The van der Waals surface area contributed by atoms with Crippen molar-refractivity contribution < 1.29 is 0 Å². The van der Waals surface area contributed by atoms with Gasteiger partial charge in [-0.15, -0.1) is 0 Å². The molecule has 0 aliphatic heterocycles. The van der Waals surface area contributed by atoms with E-state index in [1.54, 1.807) is 12.4 Å². The van der Waals surface area contributed by atoms with Crippen LogP contribution in [0.1, 0.15) is 0 Å². The third-order valence-electron chi connectivity index (χ3n) is 2.58. The molecule has 1 N–H and O–H groups in total. The van der Waals surface area contributed by atoms with Gasteiger partial charge < -0.3 is 4.98 Å². The molecule has 0 radical (unpaired) electrons. The van der Waals surface area contributed by atoms with Crippen LogP contribution in [-0.2, 0) is 7.05 Å². The van der Waals surface area contributed by atoms with E-state index in [0.29, 0.717) is 0 Å². The van der Waals surface area contributed by atoms with Crippen molar-refractivity contribution >= 4 is 10.9 Å². The molecule has 0 spiro atoms. The van der Waals surface area contributed by atoms with Gasteiger partial charge in [0.05, 0.1) is 17.4 Å². The standard InChI is InChI=1S/C11H10N4/c1-15-11(3-5-14-15)9-6-13-10-7-12-4-2-8(9)10/h2-7,13H,1H3. The molecule has 15 heavy (non-hydrogen) atoms. The highest BCUT2D eigenvalue weighted by atomic mass is 15.3. The molecule has 4 nitrogen and oxygen atoms in total. The summed E-state index contributed by atoms with van der Waals surface area (Å²) in [5.74, 6) is 0. The van der Waals surface area contributed by atoms with Crippen molar-refractivity contribution in [3.63, 3.8) is 0 Å². The molecule has 0 aliphatic carbocycles. The minimum absolute atomic E-state index is 1.05. The van der Waals surface area contributed by atoms with E-state index in [2.05, 4.69) is 15.1 Å². The van der Waals surface area contributed by atoms with Crippen LogP contribution in [0.4, 0.5) is 0 Å². The highest BCUT2D eigenvalue weighted by molar-refractivity contribution is 5.93. The molecule has 0 aliphatic rings. The topological polar surface area (TPSA) is 46.5 Å². The summed E-state index contributed by atoms with van der Waals surface area (Å²) in [7, 11) is 1.94. The number of rotatable bonds is 1. The number of hydrogen-bond donors (Lipinski definition) is 1. The Morgan fingerprint density at radius 2 is 2.20 bits per heavy atom. The molecule has 0 fully saturated rings. The number of aryl methyl sites for hydroxylation is 1. The van der Waals surface area contributed by atoms with Gasteiger partial charge >= 0.3 is 0 Å². The minimum atomic E-state index is 1.05. The summed E-state index contributed by atoms with van der Waals surface area (Å²) < 4.78 is 1.86. The van der Waals surface area contributed by atoms with Crippen molar-refractivity contribution in [1.29, 1.82) is 0 Å². The smallest absolute Gasteiger partial charge is 0.0700 e. The van der Waals surface area contributed by atoms with E-state index in [1.807, 2.05) is 36.3 Å². The van der Waals surface area contributed by atoms with Gasteiger partial charge in [-0.3, -0.25) is 9.67 Å². The number of fused-ring (bicyclic) bond motifs is 1. The SMILES string of the molecule is Cn1nccc1-c1c[nH]c2cnccc12. The Hall–Kier alpha value is -2.10. The zero-order valence-electron chi connectivity index (χ0n) is 8.31. The van der Waals surface area contributed by atoms with Crippen molar-refractivity contribution in [2.75, 3.05) is 0 Å². The molecular weight excluding hydrogens is 188 g/mol. The van der Waals surface area contributed by atoms with Crippen molar-refractivity contribution in [3.8, 4) is 11.3 Å². The molecular formula is C11H10N4. The average molecular weight is 198 g/mol. The van der Waals surface area contributed by atoms with Gasteiger partial charge in [-0.2, -0.15) is 5.10 Å². The third-order valence-corrected chi connectivity index (χ3v) is 2.58. The average Bonchev–Trinajstić information content (AvgIpc) is 2.83. The predicted molar refractivity (Wildman–Crippen MR) is 58.3 cm³/mol. The highest BCUT2D eigenvalue weighted by Crippen LogP contribution is 2.26. The Labute approximate surface area is 86.6 Å². The van der Waals surface area contributed by atoms with Crippen LogP contribution in [-0.4, -0.2) is 19.7 Å². The lowest BCUT2D eigenvalue weighted by molar-refractivity contribution is 0.776. The quantitative estimate of drug-likeness (QED) is 0.649. The summed E-state index contributed by atoms with van der Waals surface area (Å²) in [6, 6.07) is 4.01. The molecule has 3 heterocycles. The summed E-state index contributed by atoms with van der Waals surface area (Å²) in [5, 5.41) is 5.34. The van der Waals surface area contributed by atoms with Crippen LogP contribution in [0.25, 0.3) is 22.2 Å². The lowest BCUT2D eigenvalue weighted by atomic mass is 10.1. The van der Waals surface area contributed by atoms with Gasteiger partial charge in [0.25, 0.3) is 0 Å². The first-order valence-electron chi connectivity index (χ1n) is 4.76. The monoisotopic (exact) mass is 198 g/mol. The number of aromatic amines is 1. The van der Waals surface area contributed by atoms with E-state index in [4.69, 9.17) is 0 Å². The summed E-state index contributed by atoms with van der Waals surface area (Å²) in [6.45, 7) is 0. The van der Waals surface area contributed by atoms with Gasteiger partial charge in [0.2, 0.25) is 0 Å². The van der Waals surface area contributed by atoms with Crippen LogP contribution in [0.15, 0.2) is 36.9 Å². The van der Waals surface area contributed by atoms with Crippen molar-refractivity contribution in [2.24, 2.45) is 7.05 Å². The Balaban J connectivity index is 2.32. The lowest BCUT2D eigenvalue weighted by Crippen LogP contribution is -1.92. The molecule has 0 atom stereocenters. The minimum Gasteiger partial charge on any atom is -0.359 e. The lowest BCUT2D eigenvalue weighted by Gasteiger charge is -1.99. The van der Waals surface area contributed by atoms with E-state index < -0.39 is 0 Å². The number of nitrogens with zero attached hydrogens (tertiary/aromatic N) is 3. The van der Waals surface area contributed by atoms with Crippen LogP contribution >= 0.6 is 0 Å². The number of nitrogens with one attached hydrogen (secondary N) is 1. The fourth-order valence-corrected chi connectivity index (χ4v) is 1.82. The Morgan fingerprint density at radius 3 is 3.00 bits per heavy atom. The summed E-state index contributed by atoms with van der Waals surface area (Å²) in [4.78, 5) is 7.28. The second kappa shape index (κ2) is 2.95. The second-order valence-electron chi connectivity index (χ2n) is 3.46. The van der Waals surface area contributed by atoms with Crippen LogP contribution in [0, 0.1) is 0 Å². The molecule has 3 aromatic heterocycles. The van der Waals surface area contributed by atoms with Crippen molar-refractivity contribution in [1.82, 2.24) is 19.7 Å². The molecule has 74 valence electrons. The molecule has 0 bridgehead atoms. The van der Waals surface area contributed by atoms with E-state index in [0.717, 1.165) is 16.8 Å². The van der Waals surface area contributed by atoms with Gasteiger partial charge in [0.15, 0.2) is 0 Å². The fourth-order valence-electron chi connectivity index (χ4n) is 1.82. The second-order valence-corrected chi connectivity index (χ2v) is 3.46. The predicted octanol–water partition coefficient (Wildman–Crippen LogP) is 1.96. The Morgan fingerprint density at radius 1 is 1.27 bits per heavy atom. The maximum atomic E-state index is 4.17. The first-order chi connectivity index (χ1) is 7.36. The molecule has 3 aromatic rings. The first kappa shape index (κ1) is 8.23. The van der Waals surface area contributed by atoms with Gasteiger partial charge in [0, 0.05) is 36.6 Å². The summed E-state index contributed by atoms with van der Waals surface area (Å²) in [5.41, 5.74) is 3.31. The Bertz CT molecular complexity index is 606. The summed E-state index contributed by atoms with van der Waals surface area (Å²) in [6.07, 6.45) is 7.42. The number of aromatic nitrogens is 4. The maximum Gasteiger partial charge on any atom is 0.0700 e. The van der Waals surface area contributed by atoms with Crippen molar-refractivity contribution in [2.45, 2.75) is 0 Å². The van der Waals surface area contributed by atoms with Crippen LogP contribution in [0.3, 0.4) is 0 Å². The zero-order valence-corrected chi connectivity index (χ0v) is 8.31. The zero-order chi connectivity index (χ0) is 10.3. The number of hydrogen-bond acceptors (Lipinski definition) is 2. The first-order valence-corrected chi connectivity index (χ1v) is 4.76. The molecule has 3 rings (SSSR count). The molecule has 0 unspecified atom stereocenters. The van der Waals surface area contributed by atoms with E-state index in [9.17, 15) is 0 Å². The van der Waals surface area contributed by atoms with Crippen LogP contribution < -0.4 is 0 Å². The van der Waals surface area contributed by atoms with Crippen LogP contribution in [0.5, 0.6) is 0 Å². The van der Waals surface area contributed by atoms with Gasteiger partial charge in [-0.1, -0.05) is 0 Å².